The summed E-state index contributed by atoms with van der Waals surface area (Å²) < 4.78 is 54.3. The van der Waals surface area contributed by atoms with Crippen LogP contribution in [0.3, 0.4) is 0 Å². The minimum absolute atomic E-state index is 0.0232. The number of hydrogen-bond acceptors (Lipinski definition) is 6. The molecule has 33 heavy (non-hydrogen) atoms. The fourth-order valence-corrected chi connectivity index (χ4v) is 5.87. The summed E-state index contributed by atoms with van der Waals surface area (Å²) in [6.45, 7) is 7.13. The molecule has 1 aliphatic rings. The molecule has 10 heteroatoms. The molecule has 0 amide bonds. The summed E-state index contributed by atoms with van der Waals surface area (Å²) in [6, 6.07) is 12.4. The molecule has 0 bridgehead atoms. The molecule has 0 aliphatic carbocycles. The quantitative estimate of drug-likeness (QED) is 0.611. The Hall–Kier alpha value is -2.14. The first-order valence-electron chi connectivity index (χ1n) is 10.8. The Morgan fingerprint density at radius 1 is 0.939 bits per heavy atom. The van der Waals surface area contributed by atoms with Gasteiger partial charge in [0.1, 0.15) is 0 Å². The van der Waals surface area contributed by atoms with E-state index in [1.54, 1.807) is 12.1 Å². The zero-order valence-corrected chi connectivity index (χ0v) is 21.4. The van der Waals surface area contributed by atoms with E-state index in [0.717, 1.165) is 22.8 Å². The molecular weight excluding hydrogens is 462 g/mol. The van der Waals surface area contributed by atoms with Gasteiger partial charge < -0.3 is 10.0 Å². The average Bonchev–Trinajstić information content (AvgIpc) is 2.74. The van der Waals surface area contributed by atoms with E-state index in [9.17, 15) is 21.9 Å². The Labute approximate surface area is 197 Å². The molecule has 0 radical (unpaired) electrons. The van der Waals surface area contributed by atoms with Crippen LogP contribution in [0.4, 0.5) is 11.4 Å². The van der Waals surface area contributed by atoms with Crippen LogP contribution < -0.4 is 9.62 Å². The lowest BCUT2D eigenvalue weighted by Gasteiger charge is -2.47. The van der Waals surface area contributed by atoms with E-state index in [1.165, 1.54) is 38.4 Å². The topological polar surface area (TPSA) is 107 Å². The lowest BCUT2D eigenvalue weighted by Crippen LogP contribution is -2.49. The van der Waals surface area contributed by atoms with Crippen molar-refractivity contribution in [3.63, 3.8) is 0 Å². The Morgan fingerprint density at radius 2 is 1.45 bits per heavy atom. The van der Waals surface area contributed by atoms with Crippen LogP contribution in [-0.4, -0.2) is 59.0 Å². The molecule has 1 aliphatic heterocycles. The predicted molar refractivity (Wildman–Crippen MR) is 130 cm³/mol. The maximum atomic E-state index is 13.0. The van der Waals surface area contributed by atoms with Gasteiger partial charge >= 0.3 is 0 Å². The van der Waals surface area contributed by atoms with Crippen molar-refractivity contribution in [2.24, 2.45) is 5.41 Å². The van der Waals surface area contributed by atoms with E-state index >= 15 is 0 Å². The van der Waals surface area contributed by atoms with E-state index in [2.05, 4.69) is 16.5 Å². The third kappa shape index (κ3) is 5.18. The van der Waals surface area contributed by atoms with Crippen molar-refractivity contribution in [1.29, 1.82) is 0 Å². The van der Waals surface area contributed by atoms with Crippen LogP contribution in [0.2, 0.25) is 0 Å². The fraction of sp³-hybridized carbons (Fsp3) is 0.478. The molecule has 0 aromatic heterocycles. The minimum atomic E-state index is -3.93. The van der Waals surface area contributed by atoms with Gasteiger partial charge in [-0.1, -0.05) is 19.1 Å². The van der Waals surface area contributed by atoms with Gasteiger partial charge in [0.25, 0.3) is 10.0 Å². The highest BCUT2D eigenvalue weighted by Gasteiger charge is 2.42. The first-order valence-corrected chi connectivity index (χ1v) is 13.7. The number of nitrogens with one attached hydrogen (secondary N) is 1. The summed E-state index contributed by atoms with van der Waals surface area (Å²) >= 11 is 0. The van der Waals surface area contributed by atoms with Gasteiger partial charge in [0.05, 0.1) is 26.8 Å². The smallest absolute Gasteiger partial charge is 0.261 e. The van der Waals surface area contributed by atoms with Crippen LogP contribution in [0, 0.1) is 5.41 Å². The first kappa shape index (κ1) is 25.5. The fourth-order valence-electron chi connectivity index (χ4n) is 3.89. The summed E-state index contributed by atoms with van der Waals surface area (Å²) in [7, 11) is -4.73. The molecule has 3 rings (SSSR count). The second-order valence-electron chi connectivity index (χ2n) is 9.49. The normalized spacial score (nSPS) is 17.2. The van der Waals surface area contributed by atoms with E-state index in [-0.39, 0.29) is 15.2 Å². The number of sulfonamides is 2. The van der Waals surface area contributed by atoms with Crippen molar-refractivity contribution in [2.45, 2.75) is 49.0 Å². The van der Waals surface area contributed by atoms with Crippen molar-refractivity contribution in [2.75, 3.05) is 36.8 Å². The largest absolute Gasteiger partial charge is 0.390 e. The van der Waals surface area contributed by atoms with Gasteiger partial charge in [-0.2, -0.15) is 0 Å². The standard InChI is InChI=1S/C23H33N3O5S2/c1-22(2,27)23(3)14-16-26(17-15-23)21-9-7-6-8-20(21)24-32(28,29)18-10-12-19(13-11-18)33(30,31)25(4)5/h6-13,24,27H,14-17H2,1-5H3. The second-order valence-corrected chi connectivity index (χ2v) is 13.3. The van der Waals surface area contributed by atoms with Crippen LogP contribution in [0.15, 0.2) is 58.3 Å². The molecule has 1 heterocycles. The maximum absolute atomic E-state index is 13.0. The Bertz CT molecular complexity index is 1190. The SMILES string of the molecule is CN(C)S(=O)(=O)c1ccc(S(=O)(=O)Nc2ccccc2N2CCC(C)(C(C)(C)O)CC2)cc1. The monoisotopic (exact) mass is 495 g/mol. The van der Waals surface area contributed by atoms with Gasteiger partial charge in [-0.3, -0.25) is 4.72 Å². The summed E-state index contributed by atoms with van der Waals surface area (Å²) in [5.74, 6) is 0. The van der Waals surface area contributed by atoms with E-state index < -0.39 is 25.6 Å². The van der Waals surface area contributed by atoms with Crippen molar-refractivity contribution in [3.8, 4) is 0 Å². The number of rotatable bonds is 7. The third-order valence-corrected chi connectivity index (χ3v) is 9.96. The molecule has 2 aromatic rings. The lowest BCUT2D eigenvalue weighted by atomic mass is 9.69. The van der Waals surface area contributed by atoms with Crippen LogP contribution in [-0.2, 0) is 20.0 Å². The molecule has 182 valence electrons. The molecule has 0 unspecified atom stereocenters. The highest BCUT2D eigenvalue weighted by Crippen LogP contribution is 2.42. The van der Waals surface area contributed by atoms with Crippen molar-refractivity contribution < 1.29 is 21.9 Å². The maximum Gasteiger partial charge on any atom is 0.261 e. The Balaban J connectivity index is 1.82. The van der Waals surface area contributed by atoms with Crippen LogP contribution >= 0.6 is 0 Å². The zero-order valence-electron chi connectivity index (χ0n) is 19.7. The van der Waals surface area contributed by atoms with E-state index in [4.69, 9.17) is 0 Å². The molecule has 0 spiro atoms. The van der Waals surface area contributed by atoms with Crippen LogP contribution in [0.5, 0.6) is 0 Å². The number of nitrogens with zero attached hydrogens (tertiary/aromatic N) is 2. The molecule has 0 atom stereocenters. The highest BCUT2D eigenvalue weighted by molar-refractivity contribution is 7.92. The zero-order chi connectivity index (χ0) is 24.7. The van der Waals surface area contributed by atoms with E-state index in [1.807, 2.05) is 26.0 Å². The molecule has 2 aromatic carbocycles. The summed E-state index contributed by atoms with van der Waals surface area (Å²) in [5, 5.41) is 10.5. The number of piperidine rings is 1. The van der Waals surface area contributed by atoms with Gasteiger partial charge in [0.15, 0.2) is 0 Å². The van der Waals surface area contributed by atoms with Gasteiger partial charge in [0, 0.05) is 27.2 Å². The molecular formula is C23H33N3O5S2. The number of anilines is 2. The van der Waals surface area contributed by atoms with Gasteiger partial charge in [0.2, 0.25) is 10.0 Å². The number of hydrogen-bond donors (Lipinski definition) is 2. The molecule has 8 nitrogen and oxygen atoms in total. The van der Waals surface area contributed by atoms with E-state index in [0.29, 0.717) is 18.8 Å². The number of benzene rings is 2. The lowest BCUT2D eigenvalue weighted by molar-refractivity contribution is -0.0585. The van der Waals surface area contributed by atoms with Crippen LogP contribution in [0.1, 0.15) is 33.6 Å². The van der Waals surface area contributed by atoms with Crippen molar-refractivity contribution >= 4 is 31.4 Å². The van der Waals surface area contributed by atoms with Crippen molar-refractivity contribution in [3.05, 3.63) is 48.5 Å². The first-order chi connectivity index (χ1) is 15.2. The van der Waals surface area contributed by atoms with Crippen LogP contribution in [0.25, 0.3) is 0 Å². The summed E-state index contributed by atoms with van der Waals surface area (Å²) in [6.07, 6.45) is 1.55. The summed E-state index contributed by atoms with van der Waals surface area (Å²) in [4.78, 5) is 2.12. The second kappa shape index (κ2) is 8.90. The molecule has 1 fully saturated rings. The van der Waals surface area contributed by atoms with Gasteiger partial charge in [-0.15, -0.1) is 0 Å². The Morgan fingerprint density at radius 3 is 1.97 bits per heavy atom. The third-order valence-electron chi connectivity index (χ3n) is 6.75. The molecule has 0 saturated carbocycles. The average molecular weight is 496 g/mol. The summed E-state index contributed by atoms with van der Waals surface area (Å²) in [5.41, 5.74) is 0.207. The Kier molecular flexibility index (Phi) is 6.87. The molecule has 2 N–H and O–H groups in total. The molecule has 1 saturated heterocycles. The predicted octanol–water partition coefficient (Wildman–Crippen LogP) is 3.12. The minimum Gasteiger partial charge on any atom is -0.390 e. The van der Waals surface area contributed by atoms with Gasteiger partial charge in [-0.25, -0.2) is 21.1 Å². The number of aliphatic hydroxyl groups is 1. The van der Waals surface area contributed by atoms with Crippen molar-refractivity contribution in [1.82, 2.24) is 4.31 Å². The van der Waals surface area contributed by atoms with Gasteiger partial charge in [-0.05, 0) is 68.5 Å². The number of para-hydroxylation sites is 2. The highest BCUT2D eigenvalue weighted by atomic mass is 32.2.